The van der Waals surface area contributed by atoms with Crippen molar-refractivity contribution < 1.29 is 9.53 Å². The zero-order valence-electron chi connectivity index (χ0n) is 15.8. The summed E-state index contributed by atoms with van der Waals surface area (Å²) in [4.78, 5) is 12.5. The molecule has 0 saturated carbocycles. The van der Waals surface area contributed by atoms with Crippen molar-refractivity contribution in [1.82, 2.24) is 5.32 Å². The number of rotatable bonds is 7. The monoisotopic (exact) mass is 417 g/mol. The minimum absolute atomic E-state index is 0.0893. The van der Waals surface area contributed by atoms with Crippen LogP contribution in [0.2, 0.25) is 10.0 Å². The van der Waals surface area contributed by atoms with Gasteiger partial charge < -0.3 is 15.4 Å². The summed E-state index contributed by atoms with van der Waals surface area (Å²) in [5, 5.41) is 15.7. The molecule has 0 aliphatic heterocycles. The zero-order valence-corrected chi connectivity index (χ0v) is 17.4. The number of carbonyl (C=O) groups is 1. The Morgan fingerprint density at radius 2 is 2.07 bits per heavy atom. The molecule has 2 aromatic rings. The number of ether oxygens (including phenoxy) is 1. The number of hydrogen-bond acceptors (Lipinski definition) is 4. The average molecular weight is 418 g/mol. The largest absolute Gasteiger partial charge is 0.494 e. The Morgan fingerprint density at radius 3 is 2.75 bits per heavy atom. The van der Waals surface area contributed by atoms with Crippen LogP contribution in [0.1, 0.15) is 31.0 Å². The van der Waals surface area contributed by atoms with Gasteiger partial charge in [-0.05, 0) is 39.0 Å². The van der Waals surface area contributed by atoms with E-state index in [0.717, 1.165) is 11.1 Å². The third-order valence-electron chi connectivity index (χ3n) is 3.97. The van der Waals surface area contributed by atoms with E-state index in [1.165, 1.54) is 6.20 Å². The minimum Gasteiger partial charge on any atom is -0.494 e. The Kier molecular flexibility index (Phi) is 7.74. The summed E-state index contributed by atoms with van der Waals surface area (Å²) < 4.78 is 5.64. The van der Waals surface area contributed by atoms with E-state index in [4.69, 9.17) is 27.9 Å². The molecule has 2 N–H and O–H groups in total. The van der Waals surface area contributed by atoms with Crippen molar-refractivity contribution in [1.29, 1.82) is 5.26 Å². The summed E-state index contributed by atoms with van der Waals surface area (Å²) in [6.45, 7) is 6.22. The fourth-order valence-corrected chi connectivity index (χ4v) is 2.91. The Bertz CT molecular complexity index is 936. The van der Waals surface area contributed by atoms with Gasteiger partial charge >= 0.3 is 0 Å². The van der Waals surface area contributed by atoms with Gasteiger partial charge in [0.1, 0.15) is 17.4 Å². The van der Waals surface area contributed by atoms with E-state index < -0.39 is 5.91 Å². The molecule has 0 fully saturated rings. The summed E-state index contributed by atoms with van der Waals surface area (Å²) in [6.07, 6.45) is 1.30. The molecule has 2 rings (SSSR count). The van der Waals surface area contributed by atoms with Crippen LogP contribution in [0.4, 0.5) is 5.69 Å². The van der Waals surface area contributed by atoms with E-state index in [2.05, 4.69) is 10.6 Å². The molecule has 0 radical (unpaired) electrons. The number of anilines is 1. The van der Waals surface area contributed by atoms with Crippen LogP contribution in [0.15, 0.2) is 48.2 Å². The van der Waals surface area contributed by atoms with Crippen LogP contribution >= 0.6 is 23.2 Å². The molecular weight excluding hydrogens is 397 g/mol. The predicted octanol–water partition coefficient (Wildman–Crippen LogP) is 5.40. The Balaban J connectivity index is 2.17. The molecule has 0 bridgehead atoms. The number of amides is 1. The highest BCUT2D eigenvalue weighted by molar-refractivity contribution is 6.43. The standard InChI is InChI=1S/C21H21Cl2N3O2/c1-4-28-19-9-8-13(2)10-16(19)14(3)26-21(27)15(11-24)12-25-18-7-5-6-17(22)20(18)23/h5-10,12,14,25H,4H2,1-3H3,(H,26,27)/b15-12-. The maximum atomic E-state index is 12.5. The quantitative estimate of drug-likeness (QED) is 0.467. The van der Waals surface area contributed by atoms with Crippen molar-refractivity contribution >= 4 is 34.8 Å². The second-order valence-electron chi connectivity index (χ2n) is 6.08. The molecule has 1 atom stereocenters. The highest BCUT2D eigenvalue weighted by atomic mass is 35.5. The summed E-state index contributed by atoms with van der Waals surface area (Å²) in [5.41, 5.74) is 2.31. The molecule has 146 valence electrons. The van der Waals surface area contributed by atoms with Gasteiger partial charge in [-0.2, -0.15) is 5.26 Å². The van der Waals surface area contributed by atoms with E-state index in [1.54, 1.807) is 18.2 Å². The lowest BCUT2D eigenvalue weighted by atomic mass is 10.0. The highest BCUT2D eigenvalue weighted by Crippen LogP contribution is 2.30. The lowest BCUT2D eigenvalue weighted by Gasteiger charge is -2.18. The topological polar surface area (TPSA) is 74.1 Å². The molecule has 28 heavy (non-hydrogen) atoms. The fourth-order valence-electron chi connectivity index (χ4n) is 2.56. The van der Waals surface area contributed by atoms with Crippen LogP contribution in [0.25, 0.3) is 0 Å². The minimum atomic E-state index is -0.510. The molecular formula is C21H21Cl2N3O2. The molecule has 5 nitrogen and oxygen atoms in total. The fraction of sp³-hybridized carbons (Fsp3) is 0.238. The molecule has 1 amide bonds. The van der Waals surface area contributed by atoms with Gasteiger partial charge in [0.15, 0.2) is 0 Å². The summed E-state index contributed by atoms with van der Waals surface area (Å²) in [7, 11) is 0. The molecule has 0 aliphatic carbocycles. The summed E-state index contributed by atoms with van der Waals surface area (Å²) >= 11 is 12.1. The van der Waals surface area contributed by atoms with Crippen molar-refractivity contribution in [2.24, 2.45) is 0 Å². The Hall–Kier alpha value is -2.68. The number of nitrogens with zero attached hydrogens (tertiary/aromatic N) is 1. The van der Waals surface area contributed by atoms with E-state index in [-0.39, 0.29) is 11.6 Å². The Labute approximate surface area is 174 Å². The molecule has 0 heterocycles. The third-order valence-corrected chi connectivity index (χ3v) is 4.79. The van der Waals surface area contributed by atoms with Crippen LogP contribution in [0, 0.1) is 18.3 Å². The smallest absolute Gasteiger partial charge is 0.263 e. The van der Waals surface area contributed by atoms with Crippen LogP contribution in [-0.4, -0.2) is 12.5 Å². The van der Waals surface area contributed by atoms with Gasteiger partial charge in [0.25, 0.3) is 5.91 Å². The second kappa shape index (κ2) is 10.0. The molecule has 0 aliphatic rings. The number of benzene rings is 2. The first-order valence-electron chi connectivity index (χ1n) is 8.72. The lowest BCUT2D eigenvalue weighted by molar-refractivity contribution is -0.117. The maximum Gasteiger partial charge on any atom is 0.263 e. The first-order valence-corrected chi connectivity index (χ1v) is 9.48. The number of halogens is 2. The SMILES string of the molecule is CCOc1ccc(C)cc1C(C)NC(=O)/C(C#N)=C\Nc1cccc(Cl)c1Cl. The van der Waals surface area contributed by atoms with Crippen LogP contribution in [-0.2, 0) is 4.79 Å². The normalized spacial score (nSPS) is 12.1. The molecule has 0 spiro atoms. The van der Waals surface area contributed by atoms with Crippen molar-refractivity contribution in [2.45, 2.75) is 26.8 Å². The molecule has 0 aromatic heterocycles. The van der Waals surface area contributed by atoms with Gasteiger partial charge in [0.05, 0.1) is 28.4 Å². The second-order valence-corrected chi connectivity index (χ2v) is 6.87. The van der Waals surface area contributed by atoms with Crippen LogP contribution in [0.5, 0.6) is 5.75 Å². The van der Waals surface area contributed by atoms with Crippen molar-refractivity contribution in [3.63, 3.8) is 0 Å². The maximum absolute atomic E-state index is 12.5. The van der Waals surface area contributed by atoms with Gasteiger partial charge in [-0.3, -0.25) is 4.79 Å². The number of hydrogen-bond donors (Lipinski definition) is 2. The Morgan fingerprint density at radius 1 is 1.32 bits per heavy atom. The van der Waals surface area contributed by atoms with Crippen molar-refractivity contribution in [3.05, 3.63) is 69.3 Å². The predicted molar refractivity (Wildman–Crippen MR) is 113 cm³/mol. The van der Waals surface area contributed by atoms with Crippen molar-refractivity contribution in [2.75, 3.05) is 11.9 Å². The number of carbonyl (C=O) groups excluding carboxylic acids is 1. The number of aryl methyl sites for hydroxylation is 1. The summed E-state index contributed by atoms with van der Waals surface area (Å²) in [5.74, 6) is 0.192. The molecule has 7 heteroatoms. The average Bonchev–Trinajstić information content (AvgIpc) is 2.67. The molecule has 1 unspecified atom stereocenters. The van der Waals surface area contributed by atoms with Crippen LogP contribution in [0.3, 0.4) is 0 Å². The van der Waals surface area contributed by atoms with Gasteiger partial charge in [-0.15, -0.1) is 0 Å². The van der Waals surface area contributed by atoms with E-state index in [9.17, 15) is 10.1 Å². The van der Waals surface area contributed by atoms with E-state index in [1.807, 2.05) is 45.0 Å². The van der Waals surface area contributed by atoms with Gasteiger partial charge in [0, 0.05) is 11.8 Å². The van der Waals surface area contributed by atoms with Gasteiger partial charge in [-0.1, -0.05) is 47.0 Å². The first kappa shape index (κ1) is 21.6. The zero-order chi connectivity index (χ0) is 20.7. The van der Waals surface area contributed by atoms with Crippen molar-refractivity contribution in [3.8, 4) is 11.8 Å². The number of nitrogens with one attached hydrogen (secondary N) is 2. The highest BCUT2D eigenvalue weighted by Gasteiger charge is 2.17. The van der Waals surface area contributed by atoms with Gasteiger partial charge in [0.2, 0.25) is 0 Å². The molecule has 0 saturated heterocycles. The number of nitriles is 1. The molecule has 2 aromatic carbocycles. The first-order chi connectivity index (χ1) is 13.4. The van der Waals surface area contributed by atoms with E-state index in [0.29, 0.717) is 28.1 Å². The third kappa shape index (κ3) is 5.41. The van der Waals surface area contributed by atoms with Gasteiger partial charge in [-0.25, -0.2) is 0 Å². The van der Waals surface area contributed by atoms with E-state index >= 15 is 0 Å². The lowest BCUT2D eigenvalue weighted by Crippen LogP contribution is -2.28. The summed E-state index contributed by atoms with van der Waals surface area (Å²) in [6, 6.07) is 12.4. The van der Waals surface area contributed by atoms with Crippen LogP contribution < -0.4 is 15.4 Å².